The standard InChI is InChI=1S/C17H19N5/c18-12-7-5-11(6-8-12)14-9-22(13-3-1-2-4-13)17-15(14)16(19)20-10-21-17/h5-10,13H,1-4,18H2,(H2,19,20,21). The molecule has 0 spiro atoms. The van der Waals surface area contributed by atoms with Gasteiger partial charge in [-0.1, -0.05) is 25.0 Å². The van der Waals surface area contributed by atoms with Gasteiger partial charge in [-0.15, -0.1) is 0 Å². The van der Waals surface area contributed by atoms with Crippen LogP contribution in [0.4, 0.5) is 11.5 Å². The van der Waals surface area contributed by atoms with Gasteiger partial charge in [-0.3, -0.25) is 0 Å². The van der Waals surface area contributed by atoms with E-state index in [0.717, 1.165) is 27.8 Å². The van der Waals surface area contributed by atoms with Crippen molar-refractivity contribution in [3.63, 3.8) is 0 Å². The SMILES string of the molecule is Nc1ccc(-c2cn(C3CCCC3)c3ncnc(N)c23)cc1. The first-order valence-electron chi connectivity index (χ1n) is 7.71. The lowest BCUT2D eigenvalue weighted by Crippen LogP contribution is -2.04. The maximum atomic E-state index is 6.15. The monoisotopic (exact) mass is 293 g/mol. The summed E-state index contributed by atoms with van der Waals surface area (Å²) in [6, 6.07) is 8.38. The third-order valence-electron chi connectivity index (χ3n) is 4.58. The van der Waals surface area contributed by atoms with Gasteiger partial charge in [0.05, 0.1) is 5.39 Å². The zero-order chi connectivity index (χ0) is 15.1. The summed E-state index contributed by atoms with van der Waals surface area (Å²) < 4.78 is 2.28. The van der Waals surface area contributed by atoms with Crippen LogP contribution in [0, 0.1) is 0 Å². The summed E-state index contributed by atoms with van der Waals surface area (Å²) in [5, 5.41) is 0.944. The van der Waals surface area contributed by atoms with Gasteiger partial charge >= 0.3 is 0 Å². The molecule has 2 heterocycles. The van der Waals surface area contributed by atoms with E-state index in [1.807, 2.05) is 24.3 Å². The zero-order valence-electron chi connectivity index (χ0n) is 12.4. The van der Waals surface area contributed by atoms with Gasteiger partial charge in [-0.25, -0.2) is 9.97 Å². The Balaban J connectivity index is 1.95. The molecule has 112 valence electrons. The molecule has 1 saturated carbocycles. The fraction of sp³-hybridized carbons (Fsp3) is 0.294. The number of benzene rings is 1. The first kappa shape index (κ1) is 13.1. The average molecular weight is 293 g/mol. The number of rotatable bonds is 2. The lowest BCUT2D eigenvalue weighted by atomic mass is 10.1. The second-order valence-corrected chi connectivity index (χ2v) is 5.97. The number of anilines is 2. The Morgan fingerprint density at radius 2 is 1.73 bits per heavy atom. The Hall–Kier alpha value is -2.56. The van der Waals surface area contributed by atoms with Gasteiger partial charge in [-0.2, -0.15) is 0 Å². The second-order valence-electron chi connectivity index (χ2n) is 5.97. The van der Waals surface area contributed by atoms with Gasteiger partial charge in [0, 0.05) is 23.5 Å². The summed E-state index contributed by atoms with van der Waals surface area (Å²) in [5.41, 5.74) is 15.8. The quantitative estimate of drug-likeness (QED) is 0.710. The van der Waals surface area contributed by atoms with Gasteiger partial charge in [0.15, 0.2) is 0 Å². The Morgan fingerprint density at radius 3 is 2.45 bits per heavy atom. The minimum absolute atomic E-state index is 0.513. The van der Waals surface area contributed by atoms with E-state index < -0.39 is 0 Å². The average Bonchev–Trinajstić information content (AvgIpc) is 3.15. The van der Waals surface area contributed by atoms with Crippen molar-refractivity contribution in [3.05, 3.63) is 36.8 Å². The minimum Gasteiger partial charge on any atom is -0.399 e. The van der Waals surface area contributed by atoms with E-state index in [-0.39, 0.29) is 0 Å². The summed E-state index contributed by atoms with van der Waals surface area (Å²) in [5.74, 6) is 0.536. The maximum absolute atomic E-state index is 6.15. The highest BCUT2D eigenvalue weighted by Gasteiger charge is 2.22. The summed E-state index contributed by atoms with van der Waals surface area (Å²) in [7, 11) is 0. The summed E-state index contributed by atoms with van der Waals surface area (Å²) in [6.45, 7) is 0. The summed E-state index contributed by atoms with van der Waals surface area (Å²) >= 11 is 0. The number of nitrogens with zero attached hydrogens (tertiary/aromatic N) is 3. The molecular formula is C17H19N5. The number of nitrogens with two attached hydrogens (primary N) is 2. The molecule has 0 bridgehead atoms. The number of hydrogen-bond acceptors (Lipinski definition) is 4. The van der Waals surface area contributed by atoms with E-state index in [1.54, 1.807) is 6.33 Å². The number of aromatic nitrogens is 3. The molecule has 1 fully saturated rings. The molecule has 1 aliphatic rings. The van der Waals surface area contributed by atoms with Crippen LogP contribution in [0.3, 0.4) is 0 Å². The molecule has 0 amide bonds. The van der Waals surface area contributed by atoms with E-state index in [4.69, 9.17) is 11.5 Å². The number of nitrogen functional groups attached to an aromatic ring is 2. The van der Waals surface area contributed by atoms with Crippen molar-refractivity contribution in [3.8, 4) is 11.1 Å². The fourth-order valence-corrected chi connectivity index (χ4v) is 3.45. The van der Waals surface area contributed by atoms with E-state index >= 15 is 0 Å². The van der Waals surface area contributed by atoms with Gasteiger partial charge in [0.2, 0.25) is 0 Å². The van der Waals surface area contributed by atoms with Crippen molar-refractivity contribution >= 4 is 22.5 Å². The first-order valence-corrected chi connectivity index (χ1v) is 7.71. The molecule has 1 aliphatic carbocycles. The van der Waals surface area contributed by atoms with Crippen LogP contribution in [-0.4, -0.2) is 14.5 Å². The van der Waals surface area contributed by atoms with Crippen molar-refractivity contribution in [2.24, 2.45) is 0 Å². The van der Waals surface area contributed by atoms with Crippen LogP contribution in [0.1, 0.15) is 31.7 Å². The molecule has 5 nitrogen and oxygen atoms in total. The molecule has 0 radical (unpaired) electrons. The lowest BCUT2D eigenvalue weighted by molar-refractivity contribution is 0.532. The van der Waals surface area contributed by atoms with Crippen LogP contribution < -0.4 is 11.5 Å². The Bertz CT molecular complexity index is 813. The van der Waals surface area contributed by atoms with Crippen molar-refractivity contribution in [1.82, 2.24) is 14.5 Å². The topological polar surface area (TPSA) is 82.8 Å². The highest BCUT2D eigenvalue weighted by atomic mass is 15.1. The van der Waals surface area contributed by atoms with E-state index in [1.165, 1.54) is 25.7 Å². The summed E-state index contributed by atoms with van der Waals surface area (Å²) in [4.78, 5) is 8.68. The summed E-state index contributed by atoms with van der Waals surface area (Å²) in [6.07, 6.45) is 8.70. The smallest absolute Gasteiger partial charge is 0.146 e. The molecule has 4 rings (SSSR count). The van der Waals surface area contributed by atoms with Crippen LogP contribution in [0.5, 0.6) is 0 Å². The first-order chi connectivity index (χ1) is 10.7. The second kappa shape index (κ2) is 5.02. The molecule has 0 aliphatic heterocycles. The largest absolute Gasteiger partial charge is 0.399 e. The molecule has 3 aromatic rings. The Kier molecular flexibility index (Phi) is 2.99. The van der Waals surface area contributed by atoms with Crippen LogP contribution in [0.15, 0.2) is 36.8 Å². The lowest BCUT2D eigenvalue weighted by Gasteiger charge is -2.12. The number of hydrogen-bond donors (Lipinski definition) is 2. The van der Waals surface area contributed by atoms with Gasteiger partial charge < -0.3 is 16.0 Å². The molecule has 0 saturated heterocycles. The Morgan fingerprint density at radius 1 is 1.00 bits per heavy atom. The molecule has 22 heavy (non-hydrogen) atoms. The van der Waals surface area contributed by atoms with Crippen molar-refractivity contribution in [2.45, 2.75) is 31.7 Å². The minimum atomic E-state index is 0.513. The van der Waals surface area contributed by atoms with Crippen LogP contribution in [-0.2, 0) is 0 Å². The van der Waals surface area contributed by atoms with Crippen molar-refractivity contribution in [1.29, 1.82) is 0 Å². The van der Waals surface area contributed by atoms with E-state index in [0.29, 0.717) is 11.9 Å². The van der Waals surface area contributed by atoms with Gasteiger partial charge in [0.1, 0.15) is 17.8 Å². The third kappa shape index (κ3) is 2.01. The zero-order valence-corrected chi connectivity index (χ0v) is 12.4. The van der Waals surface area contributed by atoms with E-state index in [9.17, 15) is 0 Å². The normalized spacial score (nSPS) is 15.6. The maximum Gasteiger partial charge on any atom is 0.146 e. The van der Waals surface area contributed by atoms with Gasteiger partial charge in [-0.05, 0) is 30.5 Å². The molecule has 2 aromatic heterocycles. The molecule has 1 aromatic carbocycles. The van der Waals surface area contributed by atoms with E-state index in [2.05, 4.69) is 20.7 Å². The van der Waals surface area contributed by atoms with Crippen LogP contribution in [0.2, 0.25) is 0 Å². The van der Waals surface area contributed by atoms with Gasteiger partial charge in [0.25, 0.3) is 0 Å². The van der Waals surface area contributed by atoms with Crippen molar-refractivity contribution < 1.29 is 0 Å². The third-order valence-corrected chi connectivity index (χ3v) is 4.58. The predicted octanol–water partition coefficient (Wildman–Crippen LogP) is 3.38. The molecule has 4 N–H and O–H groups in total. The highest BCUT2D eigenvalue weighted by molar-refractivity contribution is 6.00. The Labute approximate surface area is 129 Å². The number of fused-ring (bicyclic) bond motifs is 1. The fourth-order valence-electron chi connectivity index (χ4n) is 3.45. The molecule has 0 atom stereocenters. The molecule has 5 heteroatoms. The van der Waals surface area contributed by atoms with Crippen molar-refractivity contribution in [2.75, 3.05) is 11.5 Å². The van der Waals surface area contributed by atoms with Crippen LogP contribution >= 0.6 is 0 Å². The van der Waals surface area contributed by atoms with Crippen LogP contribution in [0.25, 0.3) is 22.2 Å². The highest BCUT2D eigenvalue weighted by Crippen LogP contribution is 2.38. The molecule has 0 unspecified atom stereocenters. The molecular weight excluding hydrogens is 274 g/mol. The predicted molar refractivity (Wildman–Crippen MR) is 89.3 cm³/mol.